The number of fused-ring (bicyclic) bond motifs is 2. The summed E-state index contributed by atoms with van der Waals surface area (Å²) in [5.41, 5.74) is 3.12. The Labute approximate surface area is 277 Å². The fourth-order valence-electron chi connectivity index (χ4n) is 6.20. The first kappa shape index (κ1) is 37.2. The van der Waals surface area contributed by atoms with Gasteiger partial charge in [-0.25, -0.2) is 0 Å². The van der Waals surface area contributed by atoms with E-state index in [0.29, 0.717) is 61.2 Å². The quantitative estimate of drug-likeness (QED) is 0.0911. The third-order valence-electron chi connectivity index (χ3n) is 9.47. The van der Waals surface area contributed by atoms with E-state index in [1.54, 1.807) is 12.1 Å². The Hall–Kier alpha value is -3.28. The molecule has 0 fully saturated rings. The highest BCUT2D eigenvalue weighted by atomic mass is 16.5. The minimum atomic E-state index is -0.282. The van der Waals surface area contributed by atoms with Gasteiger partial charge in [0, 0.05) is 35.1 Å². The summed E-state index contributed by atoms with van der Waals surface area (Å²) in [5, 5.41) is 0. The van der Waals surface area contributed by atoms with Crippen molar-refractivity contribution in [1.82, 2.24) is 0 Å². The maximum atomic E-state index is 13.7. The summed E-state index contributed by atoms with van der Waals surface area (Å²) in [4.78, 5) is 51.8. The maximum absolute atomic E-state index is 13.7. The van der Waals surface area contributed by atoms with Crippen molar-refractivity contribution in [2.45, 2.75) is 142 Å². The Morgan fingerprint density at radius 3 is 1.30 bits per heavy atom. The van der Waals surface area contributed by atoms with E-state index in [1.807, 2.05) is 24.3 Å². The highest BCUT2D eigenvalue weighted by Crippen LogP contribution is 2.37. The molecule has 46 heavy (non-hydrogen) atoms. The van der Waals surface area contributed by atoms with Crippen LogP contribution in [0.15, 0.2) is 36.4 Å². The van der Waals surface area contributed by atoms with Crippen LogP contribution in [0, 0.1) is 0 Å². The third-order valence-corrected chi connectivity index (χ3v) is 9.47. The Morgan fingerprint density at radius 2 is 0.935 bits per heavy atom. The second kappa shape index (κ2) is 17.6. The van der Waals surface area contributed by atoms with Crippen molar-refractivity contribution < 1.29 is 28.7 Å². The minimum absolute atomic E-state index is 0.139. The maximum Gasteiger partial charge on any atom is 0.305 e. The number of ether oxygens (including phenoxy) is 2. The highest BCUT2D eigenvalue weighted by Gasteiger charge is 2.33. The molecule has 0 atom stereocenters. The molecule has 0 saturated carbocycles. The van der Waals surface area contributed by atoms with Gasteiger partial charge in [0.2, 0.25) is 0 Å². The molecule has 1 aliphatic carbocycles. The lowest BCUT2D eigenvalue weighted by Crippen LogP contribution is -2.25. The lowest BCUT2D eigenvalue weighted by Gasteiger charge is -2.29. The lowest BCUT2D eigenvalue weighted by atomic mass is 9.74. The number of benzene rings is 2. The third kappa shape index (κ3) is 10.4. The van der Waals surface area contributed by atoms with E-state index < -0.39 is 0 Å². The van der Waals surface area contributed by atoms with E-state index in [1.165, 1.54) is 0 Å². The number of ketones is 2. The van der Waals surface area contributed by atoms with Crippen molar-refractivity contribution in [1.29, 1.82) is 0 Å². The van der Waals surface area contributed by atoms with E-state index in [4.69, 9.17) is 9.47 Å². The van der Waals surface area contributed by atoms with Crippen molar-refractivity contribution in [3.63, 3.8) is 0 Å². The van der Waals surface area contributed by atoms with Crippen LogP contribution in [0.1, 0.15) is 174 Å². The molecule has 2 aromatic carbocycles. The van der Waals surface area contributed by atoms with Crippen LogP contribution >= 0.6 is 0 Å². The van der Waals surface area contributed by atoms with E-state index >= 15 is 0 Å². The van der Waals surface area contributed by atoms with E-state index in [0.717, 1.165) is 75.3 Å². The minimum Gasteiger partial charge on any atom is -0.466 e. The van der Waals surface area contributed by atoms with Gasteiger partial charge in [-0.15, -0.1) is 0 Å². The lowest BCUT2D eigenvalue weighted by molar-refractivity contribution is -0.144. The molecular formula is C40H56O6. The standard InChI is InChI=1S/C40H56O6/c1-7-9-11-13-25-45-35(41)17-15-23-39(3,4)29-19-21-31-33(27-29)37(43)32-22-20-30(28-34(32)38(31)44)40(5,6)24-16-18-36(42)46-26-14-12-10-8-2/h19-22,27-28H,7-18,23-26H2,1-6H3. The summed E-state index contributed by atoms with van der Waals surface area (Å²) >= 11 is 0. The van der Waals surface area contributed by atoms with Gasteiger partial charge in [-0.2, -0.15) is 0 Å². The molecule has 0 spiro atoms. The predicted molar refractivity (Wildman–Crippen MR) is 184 cm³/mol. The number of carbonyl (C=O) groups is 4. The molecule has 252 valence electrons. The molecule has 0 heterocycles. The van der Waals surface area contributed by atoms with E-state index in [9.17, 15) is 19.2 Å². The van der Waals surface area contributed by atoms with E-state index in [2.05, 4.69) is 41.5 Å². The molecule has 2 aromatic rings. The fraction of sp³-hybridized carbons (Fsp3) is 0.600. The number of rotatable bonds is 20. The Morgan fingerprint density at radius 1 is 0.543 bits per heavy atom. The number of unbranched alkanes of at least 4 members (excludes halogenated alkanes) is 6. The summed E-state index contributed by atoms with van der Waals surface area (Å²) in [7, 11) is 0. The number of hydrogen-bond acceptors (Lipinski definition) is 6. The van der Waals surface area contributed by atoms with Gasteiger partial charge >= 0.3 is 11.9 Å². The first-order valence-electron chi connectivity index (χ1n) is 17.6. The van der Waals surface area contributed by atoms with Gasteiger partial charge in [0.25, 0.3) is 0 Å². The molecule has 1 aliphatic rings. The fourth-order valence-corrected chi connectivity index (χ4v) is 6.20. The second-order valence-corrected chi connectivity index (χ2v) is 14.2. The normalized spacial score (nSPS) is 12.9. The van der Waals surface area contributed by atoms with E-state index in [-0.39, 0.29) is 34.3 Å². The molecule has 0 unspecified atom stereocenters. The van der Waals surface area contributed by atoms with Gasteiger partial charge in [0.15, 0.2) is 11.6 Å². The van der Waals surface area contributed by atoms with Crippen LogP contribution in [0.3, 0.4) is 0 Å². The average Bonchev–Trinajstić information content (AvgIpc) is 3.02. The van der Waals surface area contributed by atoms with Gasteiger partial charge in [0.1, 0.15) is 0 Å². The molecule has 6 heteroatoms. The van der Waals surface area contributed by atoms with Crippen LogP contribution in [0.2, 0.25) is 0 Å². The highest BCUT2D eigenvalue weighted by molar-refractivity contribution is 6.28. The van der Waals surface area contributed by atoms with Crippen LogP contribution in [-0.2, 0) is 29.9 Å². The summed E-state index contributed by atoms with van der Waals surface area (Å²) in [6.07, 6.45) is 12.2. The first-order valence-corrected chi connectivity index (χ1v) is 17.6. The average molecular weight is 633 g/mol. The SMILES string of the molecule is CCCCCCOC(=O)CCCC(C)(C)c1ccc2c(c1)C(=O)c1ccc(C(C)(C)CCCC(=O)OCCCCCC)cc1C2=O. The monoisotopic (exact) mass is 632 g/mol. The van der Waals surface area contributed by atoms with Crippen molar-refractivity contribution in [2.24, 2.45) is 0 Å². The summed E-state index contributed by atoms with van der Waals surface area (Å²) in [6.45, 7) is 13.7. The van der Waals surface area contributed by atoms with Crippen LogP contribution in [-0.4, -0.2) is 36.7 Å². The van der Waals surface area contributed by atoms with Crippen molar-refractivity contribution >= 4 is 23.5 Å². The smallest absolute Gasteiger partial charge is 0.305 e. The predicted octanol–water partition coefficient (Wildman–Crippen LogP) is 9.60. The van der Waals surface area contributed by atoms with Crippen molar-refractivity contribution in [3.8, 4) is 0 Å². The molecule has 0 bridgehead atoms. The molecule has 3 rings (SSSR count). The Balaban J connectivity index is 1.60. The molecule has 0 radical (unpaired) electrons. The topological polar surface area (TPSA) is 86.7 Å². The van der Waals surface area contributed by atoms with Gasteiger partial charge in [-0.1, -0.05) is 92.2 Å². The van der Waals surface area contributed by atoms with Crippen LogP contribution < -0.4 is 0 Å². The molecule has 0 aliphatic heterocycles. The molecule has 0 N–H and O–H groups in total. The largest absolute Gasteiger partial charge is 0.466 e. The van der Waals surface area contributed by atoms with Crippen molar-refractivity contribution in [2.75, 3.05) is 13.2 Å². The molecular weight excluding hydrogens is 576 g/mol. The van der Waals surface area contributed by atoms with Crippen molar-refractivity contribution in [3.05, 3.63) is 69.8 Å². The molecule has 6 nitrogen and oxygen atoms in total. The van der Waals surface area contributed by atoms with Gasteiger partial charge in [-0.05, 0) is 84.7 Å². The van der Waals surface area contributed by atoms with Gasteiger partial charge in [-0.3, -0.25) is 19.2 Å². The van der Waals surface area contributed by atoms with Crippen LogP contribution in [0.25, 0.3) is 0 Å². The zero-order valence-electron chi connectivity index (χ0n) is 29.2. The summed E-state index contributed by atoms with van der Waals surface area (Å²) < 4.78 is 10.8. The zero-order chi connectivity index (χ0) is 33.7. The molecule has 0 saturated heterocycles. The Kier molecular flexibility index (Phi) is 14.2. The van der Waals surface area contributed by atoms with Gasteiger partial charge in [0.05, 0.1) is 13.2 Å². The van der Waals surface area contributed by atoms with Crippen LogP contribution in [0.5, 0.6) is 0 Å². The van der Waals surface area contributed by atoms with Gasteiger partial charge < -0.3 is 9.47 Å². The van der Waals surface area contributed by atoms with Crippen LogP contribution in [0.4, 0.5) is 0 Å². The summed E-state index contributed by atoms with van der Waals surface area (Å²) in [5.74, 6) is -0.596. The first-order chi connectivity index (χ1) is 21.9. The number of carbonyl (C=O) groups excluding carboxylic acids is 4. The Bertz CT molecular complexity index is 1250. The second-order valence-electron chi connectivity index (χ2n) is 14.2. The number of esters is 2. The zero-order valence-corrected chi connectivity index (χ0v) is 29.2. The molecule has 0 amide bonds. The number of hydrogen-bond donors (Lipinski definition) is 0. The molecule has 0 aromatic heterocycles. The summed E-state index contributed by atoms with van der Waals surface area (Å²) in [6, 6.07) is 11.2.